The molecule has 4 nitrogen and oxygen atoms in total. The molecule has 0 radical (unpaired) electrons. The first kappa shape index (κ1) is 10.9. The molecular weight excluding hydrogens is 234 g/mol. The standard InChI is InChI=1S/C12H15N3OS/c1-16-12(4-2-5-12)7-13-10-9-3-6-17-11(9)15-8-14-10/h3,6,8H,2,4-5,7H2,1H3,(H,13,14,15). The summed E-state index contributed by atoms with van der Waals surface area (Å²) >= 11 is 1.64. The molecule has 0 amide bonds. The third kappa shape index (κ3) is 1.89. The van der Waals surface area contributed by atoms with Crippen LogP contribution in [-0.4, -0.2) is 29.2 Å². The lowest BCUT2D eigenvalue weighted by atomic mass is 9.80. The summed E-state index contributed by atoms with van der Waals surface area (Å²) in [6, 6.07) is 2.06. The van der Waals surface area contributed by atoms with Crippen LogP contribution in [0.5, 0.6) is 0 Å². The van der Waals surface area contributed by atoms with Gasteiger partial charge in [0.1, 0.15) is 17.0 Å². The smallest absolute Gasteiger partial charge is 0.138 e. The molecule has 2 aromatic heterocycles. The highest BCUT2D eigenvalue weighted by molar-refractivity contribution is 7.16. The Bertz CT molecular complexity index is 516. The van der Waals surface area contributed by atoms with Crippen LogP contribution in [0.15, 0.2) is 17.8 Å². The lowest BCUT2D eigenvalue weighted by molar-refractivity contribution is -0.0601. The topological polar surface area (TPSA) is 47.0 Å². The highest BCUT2D eigenvalue weighted by Gasteiger charge is 2.36. The van der Waals surface area contributed by atoms with Crippen LogP contribution < -0.4 is 5.32 Å². The number of ether oxygens (including phenoxy) is 1. The molecule has 1 aliphatic carbocycles. The minimum absolute atomic E-state index is 0.0211. The molecule has 90 valence electrons. The van der Waals surface area contributed by atoms with Gasteiger partial charge in [-0.3, -0.25) is 0 Å². The SMILES string of the molecule is COC1(CNc2ncnc3sccc23)CCC1. The Morgan fingerprint density at radius 3 is 3.06 bits per heavy atom. The number of hydrogen-bond acceptors (Lipinski definition) is 5. The zero-order chi connectivity index (χ0) is 11.7. The van der Waals surface area contributed by atoms with Gasteiger partial charge in [-0.25, -0.2) is 9.97 Å². The monoisotopic (exact) mass is 249 g/mol. The Labute approximate surface area is 104 Å². The summed E-state index contributed by atoms with van der Waals surface area (Å²) in [5.41, 5.74) is 0.0211. The van der Waals surface area contributed by atoms with E-state index < -0.39 is 0 Å². The minimum Gasteiger partial charge on any atom is -0.376 e. The van der Waals surface area contributed by atoms with Crippen LogP contribution in [0, 0.1) is 0 Å². The van der Waals surface area contributed by atoms with Gasteiger partial charge in [-0.05, 0) is 30.7 Å². The van der Waals surface area contributed by atoms with Crippen LogP contribution in [0.3, 0.4) is 0 Å². The van der Waals surface area contributed by atoms with E-state index in [0.717, 1.165) is 35.4 Å². The summed E-state index contributed by atoms with van der Waals surface area (Å²) < 4.78 is 5.59. The second kappa shape index (κ2) is 4.23. The first-order valence-corrected chi connectivity index (χ1v) is 6.68. The predicted molar refractivity (Wildman–Crippen MR) is 69.5 cm³/mol. The van der Waals surface area contributed by atoms with Crippen LogP contribution in [0.2, 0.25) is 0 Å². The summed E-state index contributed by atoms with van der Waals surface area (Å²) in [5, 5.41) is 6.54. The third-order valence-electron chi connectivity index (χ3n) is 3.54. The van der Waals surface area contributed by atoms with Crippen molar-refractivity contribution < 1.29 is 4.74 Å². The number of nitrogens with zero attached hydrogens (tertiary/aromatic N) is 2. The van der Waals surface area contributed by atoms with Crippen molar-refractivity contribution in [2.45, 2.75) is 24.9 Å². The van der Waals surface area contributed by atoms with Crippen molar-refractivity contribution >= 4 is 27.4 Å². The van der Waals surface area contributed by atoms with Crippen LogP contribution in [-0.2, 0) is 4.74 Å². The van der Waals surface area contributed by atoms with Gasteiger partial charge in [0, 0.05) is 13.7 Å². The minimum atomic E-state index is 0.0211. The van der Waals surface area contributed by atoms with Gasteiger partial charge >= 0.3 is 0 Å². The van der Waals surface area contributed by atoms with E-state index >= 15 is 0 Å². The summed E-state index contributed by atoms with van der Waals surface area (Å²) in [6.07, 6.45) is 5.14. The second-order valence-electron chi connectivity index (χ2n) is 4.46. The van der Waals surface area contributed by atoms with E-state index in [-0.39, 0.29) is 5.60 Å². The van der Waals surface area contributed by atoms with Gasteiger partial charge in [0.15, 0.2) is 0 Å². The molecule has 1 saturated carbocycles. The molecule has 0 saturated heterocycles. The number of hydrogen-bond donors (Lipinski definition) is 1. The van der Waals surface area contributed by atoms with Gasteiger partial charge in [-0.1, -0.05) is 0 Å². The lowest BCUT2D eigenvalue weighted by Crippen LogP contribution is -2.45. The number of anilines is 1. The second-order valence-corrected chi connectivity index (χ2v) is 5.35. The molecule has 2 heterocycles. The highest BCUT2D eigenvalue weighted by Crippen LogP contribution is 2.35. The molecular formula is C12H15N3OS. The zero-order valence-electron chi connectivity index (χ0n) is 9.77. The fourth-order valence-electron chi connectivity index (χ4n) is 2.20. The van der Waals surface area contributed by atoms with Crippen LogP contribution in [0.1, 0.15) is 19.3 Å². The summed E-state index contributed by atoms with van der Waals surface area (Å²) in [5.74, 6) is 0.916. The molecule has 2 aromatic rings. The zero-order valence-corrected chi connectivity index (χ0v) is 10.6. The molecule has 1 fully saturated rings. The molecule has 0 aliphatic heterocycles. The van der Waals surface area contributed by atoms with Crippen LogP contribution in [0.25, 0.3) is 10.2 Å². The van der Waals surface area contributed by atoms with E-state index in [2.05, 4.69) is 21.4 Å². The molecule has 0 aromatic carbocycles. The Morgan fingerprint density at radius 1 is 1.47 bits per heavy atom. The van der Waals surface area contributed by atoms with Crippen molar-refractivity contribution in [3.63, 3.8) is 0 Å². The van der Waals surface area contributed by atoms with Crippen LogP contribution in [0.4, 0.5) is 5.82 Å². The largest absolute Gasteiger partial charge is 0.376 e. The average molecular weight is 249 g/mol. The maximum atomic E-state index is 5.59. The van der Waals surface area contributed by atoms with E-state index in [0.29, 0.717) is 0 Å². The summed E-state index contributed by atoms with van der Waals surface area (Å²) in [6.45, 7) is 0.825. The Kier molecular flexibility index (Phi) is 2.72. The molecule has 3 rings (SSSR count). The number of rotatable bonds is 4. The molecule has 0 spiro atoms. The van der Waals surface area contributed by atoms with Crippen molar-refractivity contribution in [2.24, 2.45) is 0 Å². The van der Waals surface area contributed by atoms with E-state index in [1.54, 1.807) is 24.8 Å². The molecule has 1 N–H and O–H groups in total. The van der Waals surface area contributed by atoms with Gasteiger partial charge < -0.3 is 10.1 Å². The Balaban J connectivity index is 1.78. The van der Waals surface area contributed by atoms with E-state index in [1.807, 2.05) is 5.38 Å². The van der Waals surface area contributed by atoms with Crippen molar-refractivity contribution in [3.8, 4) is 0 Å². The van der Waals surface area contributed by atoms with E-state index in [1.165, 1.54) is 6.42 Å². The van der Waals surface area contributed by atoms with Gasteiger partial charge in [0.25, 0.3) is 0 Å². The van der Waals surface area contributed by atoms with Gasteiger partial charge in [0.05, 0.1) is 11.0 Å². The van der Waals surface area contributed by atoms with Crippen molar-refractivity contribution in [1.82, 2.24) is 9.97 Å². The molecule has 5 heteroatoms. The van der Waals surface area contributed by atoms with Crippen LogP contribution >= 0.6 is 11.3 Å². The maximum Gasteiger partial charge on any atom is 0.138 e. The number of nitrogens with one attached hydrogen (secondary N) is 1. The van der Waals surface area contributed by atoms with Crippen molar-refractivity contribution in [1.29, 1.82) is 0 Å². The Hall–Kier alpha value is -1.20. The van der Waals surface area contributed by atoms with Crippen molar-refractivity contribution in [3.05, 3.63) is 17.8 Å². The molecule has 1 aliphatic rings. The fraction of sp³-hybridized carbons (Fsp3) is 0.500. The molecule has 0 bridgehead atoms. The number of thiophene rings is 1. The fourth-order valence-corrected chi connectivity index (χ4v) is 2.93. The normalized spacial score (nSPS) is 17.9. The number of fused-ring (bicyclic) bond motifs is 1. The number of aromatic nitrogens is 2. The molecule has 17 heavy (non-hydrogen) atoms. The maximum absolute atomic E-state index is 5.59. The van der Waals surface area contributed by atoms with Gasteiger partial charge in [-0.2, -0.15) is 0 Å². The van der Waals surface area contributed by atoms with E-state index in [4.69, 9.17) is 4.74 Å². The van der Waals surface area contributed by atoms with Gasteiger partial charge in [0.2, 0.25) is 0 Å². The first-order chi connectivity index (χ1) is 8.33. The average Bonchev–Trinajstić information content (AvgIpc) is 2.77. The first-order valence-electron chi connectivity index (χ1n) is 5.80. The van der Waals surface area contributed by atoms with E-state index in [9.17, 15) is 0 Å². The predicted octanol–water partition coefficient (Wildman–Crippen LogP) is 2.67. The lowest BCUT2D eigenvalue weighted by Gasteiger charge is -2.40. The molecule has 0 atom stereocenters. The number of methoxy groups -OCH3 is 1. The molecule has 0 unspecified atom stereocenters. The van der Waals surface area contributed by atoms with Gasteiger partial charge in [-0.15, -0.1) is 11.3 Å². The summed E-state index contributed by atoms with van der Waals surface area (Å²) in [7, 11) is 1.79. The summed E-state index contributed by atoms with van der Waals surface area (Å²) in [4.78, 5) is 9.57. The van der Waals surface area contributed by atoms with Crippen molar-refractivity contribution in [2.75, 3.05) is 19.0 Å². The third-order valence-corrected chi connectivity index (χ3v) is 4.36. The Morgan fingerprint density at radius 2 is 2.35 bits per heavy atom. The quantitative estimate of drug-likeness (QED) is 0.905. The highest BCUT2D eigenvalue weighted by atomic mass is 32.1.